The van der Waals surface area contributed by atoms with Crippen molar-refractivity contribution in [1.29, 1.82) is 0 Å². The Morgan fingerprint density at radius 3 is 2.04 bits per heavy atom. The van der Waals surface area contributed by atoms with E-state index in [9.17, 15) is 13.2 Å². The first-order chi connectivity index (χ1) is 13.4. The van der Waals surface area contributed by atoms with Crippen LogP contribution in [0.5, 0.6) is 0 Å². The van der Waals surface area contributed by atoms with Crippen LogP contribution in [0.3, 0.4) is 0 Å². The highest BCUT2D eigenvalue weighted by Gasteiger charge is 2.29. The molecule has 0 N–H and O–H groups in total. The molecule has 0 aliphatic heterocycles. The fourth-order valence-electron chi connectivity index (χ4n) is 2.50. The molecular weight excluding hydrogens is 417 g/mol. The summed E-state index contributed by atoms with van der Waals surface area (Å²) in [5.74, 6) is -0.707. The number of benzene rings is 3. The van der Waals surface area contributed by atoms with E-state index in [2.05, 4.69) is 0 Å². The summed E-state index contributed by atoms with van der Waals surface area (Å²) in [5.41, 5.74) is 0.864. The summed E-state index contributed by atoms with van der Waals surface area (Å²) in [5, 5.41) is 0.732. The van der Waals surface area contributed by atoms with Gasteiger partial charge < -0.3 is 0 Å². The standard InChI is InChI=1S/C21H15Cl2NO3S/c22-19-13-11-16(15-20(19)23)12-14-21(25)24(17-7-3-1-4-8-17)28(26,27)18-9-5-2-6-10-18/h1-15H/b14-12+. The van der Waals surface area contributed by atoms with Crippen molar-refractivity contribution in [2.75, 3.05) is 4.31 Å². The van der Waals surface area contributed by atoms with E-state index in [1.165, 1.54) is 24.3 Å². The van der Waals surface area contributed by atoms with E-state index >= 15 is 0 Å². The minimum Gasteiger partial charge on any atom is -0.268 e. The maximum Gasteiger partial charge on any atom is 0.271 e. The molecule has 0 spiro atoms. The highest BCUT2D eigenvalue weighted by atomic mass is 35.5. The molecule has 4 nitrogen and oxygen atoms in total. The molecule has 0 bridgehead atoms. The molecule has 3 aromatic rings. The third-order valence-corrected chi connectivity index (χ3v) is 6.31. The molecule has 0 aliphatic rings. The van der Waals surface area contributed by atoms with Gasteiger partial charge in [0.1, 0.15) is 0 Å². The predicted octanol–water partition coefficient (Wildman–Crippen LogP) is 5.43. The van der Waals surface area contributed by atoms with Crippen LogP contribution < -0.4 is 4.31 Å². The SMILES string of the molecule is O=C(/C=C/c1ccc(Cl)c(Cl)c1)N(c1ccccc1)S(=O)(=O)c1ccccc1. The number of anilines is 1. The summed E-state index contributed by atoms with van der Waals surface area (Å²) < 4.78 is 27.0. The van der Waals surface area contributed by atoms with Crippen LogP contribution in [0.15, 0.2) is 89.8 Å². The van der Waals surface area contributed by atoms with Crippen LogP contribution in [0.1, 0.15) is 5.56 Å². The number of halogens is 2. The molecule has 0 unspecified atom stereocenters. The van der Waals surface area contributed by atoms with Gasteiger partial charge in [-0.2, -0.15) is 4.31 Å². The zero-order chi connectivity index (χ0) is 20.1. The Bertz CT molecular complexity index is 1110. The van der Waals surface area contributed by atoms with Gasteiger partial charge in [0.15, 0.2) is 0 Å². The average Bonchev–Trinajstić information content (AvgIpc) is 2.70. The molecule has 0 fully saturated rings. The van der Waals surface area contributed by atoms with Crippen molar-refractivity contribution in [3.8, 4) is 0 Å². The van der Waals surface area contributed by atoms with Gasteiger partial charge in [-0.05, 0) is 48.0 Å². The smallest absolute Gasteiger partial charge is 0.268 e. The van der Waals surface area contributed by atoms with Gasteiger partial charge in [0, 0.05) is 6.08 Å². The fourth-order valence-corrected chi connectivity index (χ4v) is 4.21. The Kier molecular flexibility index (Phi) is 6.19. The van der Waals surface area contributed by atoms with E-state index in [0.29, 0.717) is 15.6 Å². The summed E-state index contributed by atoms with van der Waals surface area (Å²) in [4.78, 5) is 12.9. The molecule has 0 heterocycles. The van der Waals surface area contributed by atoms with Gasteiger partial charge in [0.2, 0.25) is 0 Å². The summed E-state index contributed by atoms with van der Waals surface area (Å²) in [7, 11) is -4.09. The highest BCUT2D eigenvalue weighted by molar-refractivity contribution is 7.93. The highest BCUT2D eigenvalue weighted by Crippen LogP contribution is 2.25. The molecular formula is C21H15Cl2NO3S. The predicted molar refractivity (Wildman–Crippen MR) is 113 cm³/mol. The van der Waals surface area contributed by atoms with Gasteiger partial charge in [-0.25, -0.2) is 8.42 Å². The van der Waals surface area contributed by atoms with Gasteiger partial charge in [-0.1, -0.05) is 65.7 Å². The number of amides is 1. The monoisotopic (exact) mass is 431 g/mol. The van der Waals surface area contributed by atoms with Crippen LogP contribution in [0.2, 0.25) is 10.0 Å². The second-order valence-corrected chi connectivity index (χ2v) is 8.36. The molecule has 0 radical (unpaired) electrons. The molecule has 0 saturated heterocycles. The van der Waals surface area contributed by atoms with E-state index in [1.54, 1.807) is 66.7 Å². The van der Waals surface area contributed by atoms with Gasteiger partial charge in [-0.15, -0.1) is 0 Å². The van der Waals surface area contributed by atoms with E-state index in [0.717, 1.165) is 4.31 Å². The van der Waals surface area contributed by atoms with Crippen LogP contribution in [0, 0.1) is 0 Å². The van der Waals surface area contributed by atoms with Crippen LogP contribution in [0.25, 0.3) is 6.08 Å². The normalized spacial score (nSPS) is 11.5. The van der Waals surface area contributed by atoms with Gasteiger partial charge >= 0.3 is 0 Å². The largest absolute Gasteiger partial charge is 0.271 e. The average molecular weight is 432 g/mol. The number of nitrogens with zero attached hydrogens (tertiary/aromatic N) is 1. The minimum absolute atomic E-state index is 0.0233. The van der Waals surface area contributed by atoms with Gasteiger partial charge in [0.25, 0.3) is 15.9 Å². The number of sulfonamides is 1. The van der Waals surface area contributed by atoms with Crippen molar-refractivity contribution in [2.24, 2.45) is 0 Å². The zero-order valence-electron chi connectivity index (χ0n) is 14.5. The first-order valence-electron chi connectivity index (χ1n) is 8.22. The zero-order valence-corrected chi connectivity index (χ0v) is 16.8. The van der Waals surface area contributed by atoms with E-state index in [-0.39, 0.29) is 10.6 Å². The molecule has 0 aliphatic carbocycles. The van der Waals surface area contributed by atoms with Gasteiger partial charge in [0.05, 0.1) is 20.6 Å². The molecule has 3 aromatic carbocycles. The minimum atomic E-state index is -4.09. The third kappa shape index (κ3) is 4.44. The summed E-state index contributed by atoms with van der Waals surface area (Å²) in [6, 6.07) is 20.9. The Morgan fingerprint density at radius 1 is 0.821 bits per heavy atom. The van der Waals surface area contributed by atoms with Crippen molar-refractivity contribution in [3.05, 3.63) is 101 Å². The summed E-state index contributed by atoms with van der Waals surface area (Å²) in [6.45, 7) is 0. The number of hydrogen-bond donors (Lipinski definition) is 0. The van der Waals surface area contributed by atoms with Crippen molar-refractivity contribution < 1.29 is 13.2 Å². The lowest BCUT2D eigenvalue weighted by molar-refractivity contribution is -0.113. The number of para-hydroxylation sites is 1. The van der Waals surface area contributed by atoms with E-state index < -0.39 is 15.9 Å². The quantitative estimate of drug-likeness (QED) is 0.506. The summed E-state index contributed by atoms with van der Waals surface area (Å²) in [6.07, 6.45) is 2.67. The number of carbonyl (C=O) groups is 1. The lowest BCUT2D eigenvalue weighted by Crippen LogP contribution is -2.35. The van der Waals surface area contributed by atoms with Crippen molar-refractivity contribution >= 4 is 50.9 Å². The lowest BCUT2D eigenvalue weighted by Gasteiger charge is -2.21. The molecule has 28 heavy (non-hydrogen) atoms. The third-order valence-electron chi connectivity index (χ3n) is 3.83. The van der Waals surface area contributed by atoms with Crippen molar-refractivity contribution in [1.82, 2.24) is 0 Å². The Morgan fingerprint density at radius 2 is 1.43 bits per heavy atom. The molecule has 0 saturated carbocycles. The van der Waals surface area contributed by atoms with Crippen LogP contribution in [-0.2, 0) is 14.8 Å². The number of hydrogen-bond acceptors (Lipinski definition) is 3. The molecule has 7 heteroatoms. The Labute approximate surface area is 173 Å². The Balaban J connectivity index is 2.01. The second-order valence-electron chi connectivity index (χ2n) is 5.76. The summed E-state index contributed by atoms with van der Waals surface area (Å²) >= 11 is 11.9. The van der Waals surface area contributed by atoms with Crippen LogP contribution >= 0.6 is 23.2 Å². The van der Waals surface area contributed by atoms with Crippen LogP contribution in [0.4, 0.5) is 5.69 Å². The lowest BCUT2D eigenvalue weighted by atomic mass is 10.2. The van der Waals surface area contributed by atoms with Gasteiger partial charge in [-0.3, -0.25) is 4.79 Å². The van der Waals surface area contributed by atoms with E-state index in [4.69, 9.17) is 23.2 Å². The van der Waals surface area contributed by atoms with Crippen LogP contribution in [-0.4, -0.2) is 14.3 Å². The van der Waals surface area contributed by atoms with Crippen molar-refractivity contribution in [3.63, 3.8) is 0 Å². The molecule has 0 aromatic heterocycles. The van der Waals surface area contributed by atoms with E-state index in [1.807, 2.05) is 0 Å². The second kappa shape index (κ2) is 8.61. The fraction of sp³-hybridized carbons (Fsp3) is 0. The first-order valence-corrected chi connectivity index (χ1v) is 10.4. The maximum atomic E-state index is 13.1. The molecule has 142 valence electrons. The Hall–Kier alpha value is -2.60. The number of carbonyl (C=O) groups excluding carboxylic acids is 1. The maximum absolute atomic E-state index is 13.1. The molecule has 1 amide bonds. The first kappa shape index (κ1) is 20.1. The molecule has 3 rings (SSSR count). The molecule has 0 atom stereocenters. The number of rotatable bonds is 5. The topological polar surface area (TPSA) is 54.5 Å². The van der Waals surface area contributed by atoms with Crippen molar-refractivity contribution in [2.45, 2.75) is 4.90 Å².